The van der Waals surface area contributed by atoms with E-state index < -0.39 is 14.2 Å². The smallest absolute Gasteiger partial charge is 0.404 e. The van der Waals surface area contributed by atoms with E-state index in [0.717, 1.165) is 35.3 Å². The molecular formula is C21H32IN5O4Si. The third-order valence-electron chi connectivity index (χ3n) is 6.55. The summed E-state index contributed by atoms with van der Waals surface area (Å²) in [6, 6.07) is 1.40. The van der Waals surface area contributed by atoms with Crippen LogP contribution in [0.1, 0.15) is 25.7 Å². The van der Waals surface area contributed by atoms with Crippen LogP contribution in [-0.4, -0.2) is 58.1 Å². The molecule has 9 nitrogen and oxygen atoms in total. The molecule has 176 valence electrons. The van der Waals surface area contributed by atoms with Crippen molar-refractivity contribution in [3.05, 3.63) is 20.1 Å². The molecule has 1 amide bonds. The van der Waals surface area contributed by atoms with Crippen LogP contribution in [-0.2, 0) is 18.5 Å². The molecular weight excluding hydrogens is 541 g/mol. The van der Waals surface area contributed by atoms with Crippen LogP contribution in [0.4, 0.5) is 10.7 Å². The molecule has 0 aliphatic carbocycles. The fraction of sp³-hybridized carbons (Fsp3) is 0.667. The van der Waals surface area contributed by atoms with Gasteiger partial charge in [0.15, 0.2) is 5.65 Å². The summed E-state index contributed by atoms with van der Waals surface area (Å²) in [6.45, 7) is 8.06. The van der Waals surface area contributed by atoms with E-state index in [0.29, 0.717) is 30.3 Å². The molecule has 2 aromatic heterocycles. The number of hydrogen-bond donors (Lipinski definition) is 2. The van der Waals surface area contributed by atoms with Crippen molar-refractivity contribution in [2.75, 3.05) is 11.5 Å². The zero-order valence-electron chi connectivity index (χ0n) is 19.1. The van der Waals surface area contributed by atoms with Crippen molar-refractivity contribution >= 4 is 53.7 Å². The van der Waals surface area contributed by atoms with Crippen molar-refractivity contribution < 1.29 is 14.6 Å². The fourth-order valence-corrected chi connectivity index (χ4v) is 6.49. The molecule has 0 saturated carbocycles. The molecule has 3 atom stereocenters. The summed E-state index contributed by atoms with van der Waals surface area (Å²) < 4.78 is 10.4. The number of ether oxygens (including phenoxy) is 1. The maximum atomic E-state index is 13.3. The molecule has 2 saturated heterocycles. The Hall–Kier alpha value is -1.60. The Kier molecular flexibility index (Phi) is 6.60. The molecule has 0 aromatic carbocycles. The van der Waals surface area contributed by atoms with Crippen molar-refractivity contribution in [2.45, 2.75) is 76.2 Å². The van der Waals surface area contributed by atoms with E-state index in [1.54, 1.807) is 11.6 Å². The Morgan fingerprint density at radius 1 is 1.31 bits per heavy atom. The predicted molar refractivity (Wildman–Crippen MR) is 135 cm³/mol. The second-order valence-electron chi connectivity index (χ2n) is 10.2. The zero-order chi connectivity index (χ0) is 23.2. The molecule has 11 heteroatoms. The first kappa shape index (κ1) is 23.6. The van der Waals surface area contributed by atoms with Gasteiger partial charge in [-0.3, -0.25) is 9.36 Å². The Labute approximate surface area is 202 Å². The van der Waals surface area contributed by atoms with Crippen molar-refractivity contribution in [1.82, 2.24) is 19.4 Å². The van der Waals surface area contributed by atoms with Gasteiger partial charge in [-0.25, -0.2) is 4.79 Å². The van der Waals surface area contributed by atoms with E-state index in [9.17, 15) is 9.59 Å². The summed E-state index contributed by atoms with van der Waals surface area (Å²) in [5.41, 5.74) is 0.603. The Balaban J connectivity index is 1.63. The summed E-state index contributed by atoms with van der Waals surface area (Å²) in [4.78, 5) is 31.6. The largest absolute Gasteiger partial charge is 0.465 e. The molecule has 0 radical (unpaired) electrons. The van der Waals surface area contributed by atoms with Crippen molar-refractivity contribution in [3.8, 4) is 0 Å². The van der Waals surface area contributed by atoms with Crippen LogP contribution in [0, 0.1) is 3.57 Å². The Bertz CT molecular complexity index is 1060. The molecule has 32 heavy (non-hydrogen) atoms. The van der Waals surface area contributed by atoms with Crippen LogP contribution >= 0.6 is 22.6 Å². The highest BCUT2D eigenvalue weighted by Crippen LogP contribution is 2.38. The van der Waals surface area contributed by atoms with E-state index >= 15 is 0 Å². The average Bonchev–Trinajstić information content (AvgIpc) is 3.13. The minimum atomic E-state index is -1.17. The van der Waals surface area contributed by atoms with Gasteiger partial charge in [-0.05, 0) is 54.3 Å². The summed E-state index contributed by atoms with van der Waals surface area (Å²) >= 11 is 2.20. The van der Waals surface area contributed by atoms with Gasteiger partial charge in [0.1, 0.15) is 6.73 Å². The lowest BCUT2D eigenvalue weighted by Crippen LogP contribution is -2.51. The maximum absolute atomic E-state index is 13.3. The number of carboxylic acid groups (broad SMARTS) is 1. The molecule has 2 aromatic rings. The van der Waals surface area contributed by atoms with Gasteiger partial charge >= 0.3 is 6.09 Å². The first-order valence-corrected chi connectivity index (χ1v) is 15.9. The molecule has 0 spiro atoms. The summed E-state index contributed by atoms with van der Waals surface area (Å²) in [5, 5.41) is 12.4. The first-order valence-electron chi connectivity index (χ1n) is 11.2. The highest BCUT2D eigenvalue weighted by atomic mass is 127. The van der Waals surface area contributed by atoms with Gasteiger partial charge in [0.25, 0.3) is 5.56 Å². The molecule has 0 unspecified atom stereocenters. The molecule has 2 aliphatic heterocycles. The van der Waals surface area contributed by atoms with Crippen LogP contribution in [0.5, 0.6) is 0 Å². The number of amides is 1. The number of piperidine rings is 1. The predicted octanol–water partition coefficient (Wildman–Crippen LogP) is 3.42. The molecule has 2 aliphatic rings. The number of hydrogen-bond acceptors (Lipinski definition) is 5. The SMILES string of the molecule is Cn1c(N2[C@@H]3CC[C@H]2C[C@@H](NC(=O)O)C3)nc2c(c(I)cn2COCC[Si](C)(C)C)c1=O. The Morgan fingerprint density at radius 2 is 1.97 bits per heavy atom. The van der Waals surface area contributed by atoms with Crippen molar-refractivity contribution in [3.63, 3.8) is 0 Å². The number of nitrogens with one attached hydrogen (secondary N) is 1. The second kappa shape index (κ2) is 8.97. The average molecular weight is 574 g/mol. The summed E-state index contributed by atoms with van der Waals surface area (Å²) in [6.07, 6.45) is 4.39. The second-order valence-corrected chi connectivity index (χ2v) is 17.0. The fourth-order valence-electron chi connectivity index (χ4n) is 4.93. The van der Waals surface area contributed by atoms with Gasteiger partial charge in [0, 0.05) is 49.6 Å². The number of fused-ring (bicyclic) bond motifs is 3. The quantitative estimate of drug-likeness (QED) is 0.299. The minimum absolute atomic E-state index is 0.0495. The van der Waals surface area contributed by atoms with Crippen molar-refractivity contribution in [2.24, 2.45) is 7.05 Å². The number of carbonyl (C=O) groups is 1. The van der Waals surface area contributed by atoms with E-state index in [2.05, 4.69) is 52.4 Å². The standard InChI is InChI=1S/C21H32IN5O4Si/c1-25-19(28)17-16(22)11-26(12-31-7-8-32(2,3)4)18(17)24-20(25)27-14-5-6-15(27)10-13(9-14)23-21(29)30/h11,13-15,23H,5-10,12H2,1-4H3,(H,29,30)/t13-,14+,15-. The highest BCUT2D eigenvalue weighted by Gasteiger charge is 2.43. The normalized spacial score (nSPS) is 23.2. The lowest BCUT2D eigenvalue weighted by Gasteiger charge is -2.40. The minimum Gasteiger partial charge on any atom is -0.465 e. The molecule has 2 bridgehead atoms. The third-order valence-corrected chi connectivity index (χ3v) is 9.07. The van der Waals surface area contributed by atoms with Gasteiger partial charge in [-0.2, -0.15) is 4.98 Å². The topological polar surface area (TPSA) is 102 Å². The van der Waals surface area contributed by atoms with Crippen molar-refractivity contribution in [1.29, 1.82) is 0 Å². The number of aromatic nitrogens is 3. The van der Waals surface area contributed by atoms with Crippen LogP contribution in [0.3, 0.4) is 0 Å². The molecule has 4 heterocycles. The van der Waals surface area contributed by atoms with Crippen LogP contribution in [0.25, 0.3) is 11.0 Å². The van der Waals surface area contributed by atoms with Crippen LogP contribution in [0.15, 0.2) is 11.0 Å². The van der Waals surface area contributed by atoms with Gasteiger partial charge in [0.2, 0.25) is 5.95 Å². The van der Waals surface area contributed by atoms with Crippen LogP contribution in [0.2, 0.25) is 25.7 Å². The number of halogens is 1. The van der Waals surface area contributed by atoms with E-state index in [-0.39, 0.29) is 23.7 Å². The maximum Gasteiger partial charge on any atom is 0.404 e. The highest BCUT2D eigenvalue weighted by molar-refractivity contribution is 14.1. The lowest BCUT2D eigenvalue weighted by molar-refractivity contribution is 0.0898. The van der Waals surface area contributed by atoms with Gasteiger partial charge < -0.3 is 24.6 Å². The van der Waals surface area contributed by atoms with Gasteiger partial charge in [-0.15, -0.1) is 0 Å². The first-order chi connectivity index (χ1) is 15.0. The third kappa shape index (κ3) is 4.69. The lowest BCUT2D eigenvalue weighted by atomic mass is 9.98. The Morgan fingerprint density at radius 3 is 2.56 bits per heavy atom. The van der Waals surface area contributed by atoms with E-state index in [1.165, 1.54) is 0 Å². The molecule has 2 N–H and O–H groups in total. The number of rotatable bonds is 7. The van der Waals surface area contributed by atoms with Crippen LogP contribution < -0.4 is 15.8 Å². The van der Waals surface area contributed by atoms with Gasteiger partial charge in [0.05, 0.1) is 5.39 Å². The number of nitrogens with zero attached hydrogens (tertiary/aromatic N) is 4. The van der Waals surface area contributed by atoms with Gasteiger partial charge in [-0.1, -0.05) is 19.6 Å². The zero-order valence-corrected chi connectivity index (χ0v) is 22.3. The molecule has 2 fully saturated rings. The van der Waals surface area contributed by atoms with E-state index in [4.69, 9.17) is 14.8 Å². The van der Waals surface area contributed by atoms with E-state index in [1.807, 2.05) is 10.8 Å². The summed E-state index contributed by atoms with van der Waals surface area (Å²) in [5.74, 6) is 0.668. The molecule has 4 rings (SSSR count). The summed E-state index contributed by atoms with van der Waals surface area (Å²) in [7, 11) is 0.611. The monoisotopic (exact) mass is 573 g/mol. The number of anilines is 1.